The third-order valence-corrected chi connectivity index (χ3v) is 2.92. The minimum atomic E-state index is -0.243. The largest absolute Gasteiger partial charge is 0.483 e. The molecule has 94 valence electrons. The summed E-state index contributed by atoms with van der Waals surface area (Å²) in [4.78, 5) is 3.99. The fraction of sp³-hybridized carbons (Fsp3) is 0.214. The van der Waals surface area contributed by atoms with Gasteiger partial charge in [-0.25, -0.2) is 0 Å². The maximum absolute atomic E-state index is 6.08. The Morgan fingerprint density at radius 1 is 1.17 bits per heavy atom. The molecule has 0 bridgehead atoms. The minimum absolute atomic E-state index is 0.149. The standard InChI is InChI=1S/C14H15ClN2O/c1-10(16)14(11-6-8-17-9-7-11)18-13-5-3-2-4-12(13)15/h2-10,14H,16H2,1H3. The number of pyridine rings is 1. The van der Waals surface area contributed by atoms with Gasteiger partial charge in [0.15, 0.2) is 0 Å². The summed E-state index contributed by atoms with van der Waals surface area (Å²) in [6, 6.07) is 11.0. The number of hydrogen-bond acceptors (Lipinski definition) is 3. The predicted molar refractivity (Wildman–Crippen MR) is 72.7 cm³/mol. The highest BCUT2D eigenvalue weighted by Crippen LogP contribution is 2.29. The van der Waals surface area contributed by atoms with Crippen molar-refractivity contribution in [3.8, 4) is 5.75 Å². The van der Waals surface area contributed by atoms with E-state index in [2.05, 4.69) is 4.98 Å². The molecule has 1 aromatic carbocycles. The van der Waals surface area contributed by atoms with E-state index < -0.39 is 0 Å². The molecule has 0 radical (unpaired) electrons. The number of hydrogen-bond donors (Lipinski definition) is 1. The third-order valence-electron chi connectivity index (χ3n) is 2.60. The highest BCUT2D eigenvalue weighted by molar-refractivity contribution is 6.32. The molecular weight excluding hydrogens is 248 g/mol. The fourth-order valence-corrected chi connectivity index (χ4v) is 1.89. The van der Waals surface area contributed by atoms with Gasteiger partial charge in [-0.05, 0) is 36.8 Å². The second kappa shape index (κ2) is 5.85. The number of nitrogens with zero attached hydrogens (tertiary/aromatic N) is 1. The summed E-state index contributed by atoms with van der Waals surface area (Å²) in [5, 5.41) is 0.581. The molecule has 2 atom stereocenters. The van der Waals surface area contributed by atoms with E-state index in [1.807, 2.05) is 37.3 Å². The van der Waals surface area contributed by atoms with Crippen LogP contribution in [0.1, 0.15) is 18.6 Å². The van der Waals surface area contributed by atoms with E-state index in [1.165, 1.54) is 0 Å². The van der Waals surface area contributed by atoms with Gasteiger partial charge in [0.1, 0.15) is 11.9 Å². The minimum Gasteiger partial charge on any atom is -0.483 e. The lowest BCUT2D eigenvalue weighted by Crippen LogP contribution is -2.29. The van der Waals surface area contributed by atoms with Gasteiger partial charge in [-0.2, -0.15) is 0 Å². The van der Waals surface area contributed by atoms with Crippen LogP contribution in [-0.4, -0.2) is 11.0 Å². The van der Waals surface area contributed by atoms with E-state index in [0.717, 1.165) is 5.56 Å². The molecule has 4 heteroatoms. The average Bonchev–Trinajstić information content (AvgIpc) is 2.38. The first-order valence-electron chi connectivity index (χ1n) is 5.75. The van der Waals surface area contributed by atoms with Gasteiger partial charge in [-0.15, -0.1) is 0 Å². The third kappa shape index (κ3) is 3.00. The van der Waals surface area contributed by atoms with Crippen molar-refractivity contribution in [2.75, 3.05) is 0 Å². The molecule has 1 aromatic heterocycles. The van der Waals surface area contributed by atoms with Crippen molar-refractivity contribution in [1.29, 1.82) is 0 Å². The van der Waals surface area contributed by atoms with E-state index >= 15 is 0 Å². The molecule has 0 saturated heterocycles. The number of nitrogens with two attached hydrogens (primary N) is 1. The Hall–Kier alpha value is -1.58. The molecule has 0 fully saturated rings. The normalized spacial score (nSPS) is 13.9. The van der Waals surface area contributed by atoms with Gasteiger partial charge in [-0.1, -0.05) is 23.7 Å². The maximum atomic E-state index is 6.08. The molecule has 2 N–H and O–H groups in total. The Morgan fingerprint density at radius 2 is 1.83 bits per heavy atom. The number of para-hydroxylation sites is 1. The second-order valence-corrected chi connectivity index (χ2v) is 4.52. The SMILES string of the molecule is CC(N)C(Oc1ccccc1Cl)c1ccncc1. The molecule has 1 heterocycles. The second-order valence-electron chi connectivity index (χ2n) is 4.11. The van der Waals surface area contributed by atoms with Crippen LogP contribution in [0.2, 0.25) is 5.02 Å². The van der Waals surface area contributed by atoms with Crippen LogP contribution in [-0.2, 0) is 0 Å². The lowest BCUT2D eigenvalue weighted by molar-refractivity contribution is 0.180. The zero-order valence-corrected chi connectivity index (χ0v) is 10.8. The molecule has 0 amide bonds. The van der Waals surface area contributed by atoms with Crippen LogP contribution < -0.4 is 10.5 Å². The van der Waals surface area contributed by atoms with Gasteiger partial charge >= 0.3 is 0 Å². The topological polar surface area (TPSA) is 48.1 Å². The van der Waals surface area contributed by atoms with E-state index in [9.17, 15) is 0 Å². The average molecular weight is 263 g/mol. The molecule has 0 aliphatic rings. The summed E-state index contributed by atoms with van der Waals surface area (Å²) in [6.45, 7) is 1.90. The summed E-state index contributed by atoms with van der Waals surface area (Å²) in [5.74, 6) is 0.637. The smallest absolute Gasteiger partial charge is 0.139 e. The fourth-order valence-electron chi connectivity index (χ4n) is 1.71. The Bertz CT molecular complexity index is 502. The van der Waals surface area contributed by atoms with Crippen molar-refractivity contribution in [1.82, 2.24) is 4.98 Å². The zero-order valence-electron chi connectivity index (χ0n) is 10.1. The summed E-state index contributed by atoms with van der Waals surface area (Å²) >= 11 is 6.08. The van der Waals surface area contributed by atoms with Gasteiger partial charge < -0.3 is 10.5 Å². The van der Waals surface area contributed by atoms with E-state index in [4.69, 9.17) is 22.1 Å². The summed E-state index contributed by atoms with van der Waals surface area (Å²) < 4.78 is 5.91. The predicted octanol–water partition coefficient (Wildman–Crippen LogP) is 3.20. The van der Waals surface area contributed by atoms with Crippen LogP contribution in [0.15, 0.2) is 48.8 Å². The molecule has 2 aromatic rings. The Balaban J connectivity index is 2.26. The number of ether oxygens (including phenoxy) is 1. The number of benzene rings is 1. The molecular formula is C14H15ClN2O. The first kappa shape index (κ1) is 12.9. The van der Waals surface area contributed by atoms with Crippen molar-refractivity contribution < 1.29 is 4.74 Å². The van der Waals surface area contributed by atoms with Crippen LogP contribution in [0.4, 0.5) is 0 Å². The highest BCUT2D eigenvalue weighted by Gasteiger charge is 2.19. The molecule has 2 unspecified atom stereocenters. The van der Waals surface area contributed by atoms with Gasteiger partial charge in [0.05, 0.1) is 5.02 Å². The summed E-state index contributed by atoms with van der Waals surface area (Å²) in [6.07, 6.45) is 3.20. The molecule has 0 saturated carbocycles. The van der Waals surface area contributed by atoms with Crippen LogP contribution in [0, 0.1) is 0 Å². The number of rotatable bonds is 4. The van der Waals surface area contributed by atoms with Crippen molar-refractivity contribution >= 4 is 11.6 Å². The molecule has 0 aliphatic carbocycles. The highest BCUT2D eigenvalue weighted by atomic mass is 35.5. The maximum Gasteiger partial charge on any atom is 0.139 e. The molecule has 0 spiro atoms. The number of halogens is 1. The first-order chi connectivity index (χ1) is 8.68. The van der Waals surface area contributed by atoms with Gasteiger partial charge in [-0.3, -0.25) is 4.98 Å². The van der Waals surface area contributed by atoms with E-state index in [1.54, 1.807) is 18.5 Å². The van der Waals surface area contributed by atoms with Gasteiger partial charge in [0, 0.05) is 18.4 Å². The van der Waals surface area contributed by atoms with Crippen molar-refractivity contribution in [2.45, 2.75) is 19.1 Å². The lowest BCUT2D eigenvalue weighted by atomic mass is 10.1. The van der Waals surface area contributed by atoms with Crippen LogP contribution in [0.3, 0.4) is 0 Å². The Kier molecular flexibility index (Phi) is 4.18. The Morgan fingerprint density at radius 3 is 2.44 bits per heavy atom. The monoisotopic (exact) mass is 262 g/mol. The van der Waals surface area contributed by atoms with Crippen LogP contribution >= 0.6 is 11.6 Å². The zero-order chi connectivity index (χ0) is 13.0. The van der Waals surface area contributed by atoms with Crippen molar-refractivity contribution in [3.63, 3.8) is 0 Å². The van der Waals surface area contributed by atoms with Crippen molar-refractivity contribution in [3.05, 3.63) is 59.4 Å². The quantitative estimate of drug-likeness (QED) is 0.920. The van der Waals surface area contributed by atoms with Crippen LogP contribution in [0.5, 0.6) is 5.75 Å². The van der Waals surface area contributed by atoms with Crippen LogP contribution in [0.25, 0.3) is 0 Å². The molecule has 2 rings (SSSR count). The summed E-state index contributed by atoms with van der Waals surface area (Å²) in [5.41, 5.74) is 6.96. The van der Waals surface area contributed by atoms with E-state index in [-0.39, 0.29) is 12.1 Å². The van der Waals surface area contributed by atoms with Gasteiger partial charge in [0.2, 0.25) is 0 Å². The van der Waals surface area contributed by atoms with Crippen molar-refractivity contribution in [2.24, 2.45) is 5.73 Å². The Labute approximate surface area is 112 Å². The molecule has 18 heavy (non-hydrogen) atoms. The van der Waals surface area contributed by atoms with Gasteiger partial charge in [0.25, 0.3) is 0 Å². The summed E-state index contributed by atoms with van der Waals surface area (Å²) in [7, 11) is 0. The van der Waals surface area contributed by atoms with E-state index in [0.29, 0.717) is 10.8 Å². The molecule has 3 nitrogen and oxygen atoms in total. The molecule has 0 aliphatic heterocycles. The lowest BCUT2D eigenvalue weighted by Gasteiger charge is -2.23. The first-order valence-corrected chi connectivity index (χ1v) is 6.13. The number of aromatic nitrogens is 1.